The molecule has 0 bridgehead atoms. The van der Waals surface area contributed by atoms with E-state index in [9.17, 15) is 4.79 Å². The summed E-state index contributed by atoms with van der Waals surface area (Å²) < 4.78 is 6.06. The number of aromatic nitrogens is 1. The minimum atomic E-state index is -0.882. The maximum absolute atomic E-state index is 10.9. The van der Waals surface area contributed by atoms with E-state index in [1.54, 1.807) is 12.1 Å². The fraction of sp³-hybridized carbons (Fsp3) is 0.318. The van der Waals surface area contributed by atoms with Gasteiger partial charge >= 0.3 is 5.97 Å². The van der Waals surface area contributed by atoms with E-state index in [1.165, 1.54) is 30.2 Å². The second-order valence-electron chi connectivity index (χ2n) is 6.87. The van der Waals surface area contributed by atoms with Gasteiger partial charge in [0.1, 0.15) is 11.5 Å². The van der Waals surface area contributed by atoms with E-state index in [4.69, 9.17) is 21.4 Å². The molecule has 142 valence electrons. The number of rotatable bonds is 8. The van der Waals surface area contributed by atoms with Crippen molar-refractivity contribution in [3.05, 3.63) is 58.2 Å². The van der Waals surface area contributed by atoms with Gasteiger partial charge in [-0.05, 0) is 60.7 Å². The van der Waals surface area contributed by atoms with E-state index >= 15 is 0 Å². The number of aromatic amines is 1. The highest BCUT2D eigenvalue weighted by Gasteiger charge is 2.12. The first-order valence-electron chi connectivity index (χ1n) is 9.26. The number of benzene rings is 2. The zero-order valence-corrected chi connectivity index (χ0v) is 16.4. The summed E-state index contributed by atoms with van der Waals surface area (Å²) in [4.78, 5) is 14.2. The molecule has 5 heteroatoms. The van der Waals surface area contributed by atoms with Crippen LogP contribution < -0.4 is 4.74 Å². The van der Waals surface area contributed by atoms with Crippen LogP contribution in [0.5, 0.6) is 11.5 Å². The molecule has 0 saturated carbocycles. The number of carbonyl (C=O) groups is 1. The molecule has 0 aliphatic carbocycles. The number of carboxylic acids is 1. The van der Waals surface area contributed by atoms with Gasteiger partial charge in [0.05, 0.1) is 11.4 Å². The molecule has 1 aromatic heterocycles. The molecule has 4 nitrogen and oxygen atoms in total. The van der Waals surface area contributed by atoms with Gasteiger partial charge < -0.3 is 14.8 Å². The first-order chi connectivity index (χ1) is 13.0. The first-order valence-corrected chi connectivity index (χ1v) is 9.64. The number of hydrogen-bond acceptors (Lipinski definition) is 2. The lowest BCUT2D eigenvalue weighted by Crippen LogP contribution is -2.01. The average Bonchev–Trinajstić information content (AvgIpc) is 3.00. The normalized spacial score (nSPS) is 11.1. The maximum Gasteiger partial charge on any atom is 0.307 e. The van der Waals surface area contributed by atoms with E-state index in [0.29, 0.717) is 16.3 Å². The third kappa shape index (κ3) is 4.64. The van der Waals surface area contributed by atoms with Gasteiger partial charge in [-0.1, -0.05) is 37.4 Å². The van der Waals surface area contributed by atoms with E-state index in [-0.39, 0.29) is 6.42 Å². The van der Waals surface area contributed by atoms with Crippen LogP contribution in [-0.4, -0.2) is 16.1 Å². The topological polar surface area (TPSA) is 62.3 Å². The van der Waals surface area contributed by atoms with Crippen LogP contribution in [0, 0.1) is 6.92 Å². The predicted molar refractivity (Wildman–Crippen MR) is 109 cm³/mol. The van der Waals surface area contributed by atoms with Gasteiger partial charge in [0, 0.05) is 17.1 Å². The standard InChI is InChI=1S/C22H24ClNO3/c1-3-4-5-6-16-13-24-20-8-7-17(12-18(16)20)27-22-14(2)9-15(10-19(22)23)11-21(25)26/h7-10,12-13,24H,3-6,11H2,1-2H3,(H,25,26). The van der Waals surface area contributed by atoms with Crippen LogP contribution in [0.3, 0.4) is 0 Å². The largest absolute Gasteiger partial charge is 0.481 e. The summed E-state index contributed by atoms with van der Waals surface area (Å²) >= 11 is 6.36. The maximum atomic E-state index is 10.9. The molecule has 0 saturated heterocycles. The summed E-state index contributed by atoms with van der Waals surface area (Å²) in [6, 6.07) is 9.42. The number of H-pyrrole nitrogens is 1. The molecule has 0 unspecified atom stereocenters. The average molecular weight is 386 g/mol. The van der Waals surface area contributed by atoms with Crippen molar-refractivity contribution in [2.24, 2.45) is 0 Å². The molecule has 0 atom stereocenters. The fourth-order valence-corrected chi connectivity index (χ4v) is 3.65. The molecular weight excluding hydrogens is 362 g/mol. The highest BCUT2D eigenvalue weighted by Crippen LogP contribution is 2.35. The molecule has 0 spiro atoms. The Labute approximate surface area is 164 Å². The summed E-state index contributed by atoms with van der Waals surface area (Å²) in [7, 11) is 0. The van der Waals surface area contributed by atoms with Crippen molar-refractivity contribution in [3.8, 4) is 11.5 Å². The predicted octanol–water partition coefficient (Wildman–Crippen LogP) is 6.28. The zero-order valence-electron chi connectivity index (χ0n) is 15.6. The van der Waals surface area contributed by atoms with Gasteiger partial charge in [-0.25, -0.2) is 0 Å². The third-order valence-electron chi connectivity index (χ3n) is 4.65. The molecule has 0 amide bonds. The van der Waals surface area contributed by atoms with Crippen LogP contribution in [0.15, 0.2) is 36.5 Å². The van der Waals surface area contributed by atoms with Gasteiger partial charge in [-0.15, -0.1) is 0 Å². The molecule has 0 aliphatic rings. The lowest BCUT2D eigenvalue weighted by Gasteiger charge is -2.12. The highest BCUT2D eigenvalue weighted by molar-refractivity contribution is 6.32. The fourth-order valence-electron chi connectivity index (χ4n) is 3.32. The van der Waals surface area contributed by atoms with Crippen LogP contribution in [0.2, 0.25) is 5.02 Å². The molecule has 27 heavy (non-hydrogen) atoms. The number of aryl methyl sites for hydroxylation is 2. The monoisotopic (exact) mass is 385 g/mol. The number of fused-ring (bicyclic) bond motifs is 1. The van der Waals surface area contributed by atoms with E-state index in [1.807, 2.05) is 25.1 Å². The molecule has 0 radical (unpaired) electrons. The van der Waals surface area contributed by atoms with Crippen LogP contribution in [-0.2, 0) is 17.6 Å². The Morgan fingerprint density at radius 2 is 2.04 bits per heavy atom. The second kappa shape index (κ2) is 8.49. The molecule has 0 aliphatic heterocycles. The number of hydrogen-bond donors (Lipinski definition) is 2. The van der Waals surface area contributed by atoms with Crippen LogP contribution in [0.4, 0.5) is 0 Å². The lowest BCUT2D eigenvalue weighted by atomic mass is 10.1. The van der Waals surface area contributed by atoms with Gasteiger partial charge in [0.25, 0.3) is 0 Å². The zero-order chi connectivity index (χ0) is 19.4. The summed E-state index contributed by atoms with van der Waals surface area (Å²) in [6.45, 7) is 4.08. The Bertz CT molecular complexity index is 938. The summed E-state index contributed by atoms with van der Waals surface area (Å²) in [6.07, 6.45) is 6.65. The minimum absolute atomic E-state index is 0.0583. The third-order valence-corrected chi connectivity index (χ3v) is 4.93. The minimum Gasteiger partial charge on any atom is -0.481 e. The van der Waals surface area contributed by atoms with Gasteiger partial charge in [0.15, 0.2) is 0 Å². The molecule has 2 N–H and O–H groups in total. The van der Waals surface area contributed by atoms with E-state index in [2.05, 4.69) is 18.1 Å². The molecular formula is C22H24ClNO3. The molecule has 3 rings (SSSR count). The molecule has 0 fully saturated rings. The first kappa shape index (κ1) is 19.3. The van der Waals surface area contributed by atoms with E-state index in [0.717, 1.165) is 23.3 Å². The molecule has 3 aromatic rings. The Hall–Kier alpha value is -2.46. The van der Waals surface area contributed by atoms with Crippen LogP contribution in [0.1, 0.15) is 42.9 Å². The second-order valence-corrected chi connectivity index (χ2v) is 7.28. The highest BCUT2D eigenvalue weighted by atomic mass is 35.5. The van der Waals surface area contributed by atoms with E-state index < -0.39 is 5.97 Å². The van der Waals surface area contributed by atoms with Gasteiger partial charge in [-0.2, -0.15) is 0 Å². The Kier molecular flexibility index (Phi) is 6.07. The number of unbranched alkanes of at least 4 members (excludes halogenated alkanes) is 2. The number of aliphatic carboxylic acids is 1. The smallest absolute Gasteiger partial charge is 0.307 e. The van der Waals surface area contributed by atoms with Gasteiger partial charge in [0.2, 0.25) is 0 Å². The molecule has 2 aromatic carbocycles. The Morgan fingerprint density at radius 3 is 2.74 bits per heavy atom. The summed E-state index contributed by atoms with van der Waals surface area (Å²) in [5, 5.41) is 10.5. The van der Waals surface area contributed by atoms with Crippen molar-refractivity contribution in [1.82, 2.24) is 4.98 Å². The summed E-state index contributed by atoms with van der Waals surface area (Å²) in [5.41, 5.74) is 3.87. The quantitative estimate of drug-likeness (QED) is 0.448. The van der Waals surface area contributed by atoms with Crippen molar-refractivity contribution in [1.29, 1.82) is 0 Å². The number of carboxylic acid groups (broad SMARTS) is 1. The SMILES string of the molecule is CCCCCc1c[nH]c2ccc(Oc3c(C)cc(CC(=O)O)cc3Cl)cc12. The van der Waals surface area contributed by atoms with Crippen molar-refractivity contribution in [2.45, 2.75) is 46.0 Å². The number of nitrogens with one attached hydrogen (secondary N) is 1. The number of ether oxygens (including phenoxy) is 1. The van der Waals surface area contributed by atoms with Gasteiger partial charge in [-0.3, -0.25) is 4.79 Å². The lowest BCUT2D eigenvalue weighted by molar-refractivity contribution is -0.136. The van der Waals surface area contributed by atoms with Crippen LogP contribution >= 0.6 is 11.6 Å². The van der Waals surface area contributed by atoms with Crippen molar-refractivity contribution < 1.29 is 14.6 Å². The van der Waals surface area contributed by atoms with Crippen LogP contribution in [0.25, 0.3) is 10.9 Å². The van der Waals surface area contributed by atoms with Crippen molar-refractivity contribution >= 4 is 28.5 Å². The number of halogens is 1. The Balaban J connectivity index is 1.86. The molecule has 1 heterocycles. The summed E-state index contributed by atoms with van der Waals surface area (Å²) in [5.74, 6) is 0.399. The van der Waals surface area contributed by atoms with Crippen molar-refractivity contribution in [2.75, 3.05) is 0 Å². The Morgan fingerprint density at radius 1 is 1.22 bits per heavy atom. The van der Waals surface area contributed by atoms with Crippen molar-refractivity contribution in [3.63, 3.8) is 0 Å².